The monoisotopic (exact) mass is 187 g/mol. The van der Waals surface area contributed by atoms with Gasteiger partial charge in [-0.15, -0.1) is 0 Å². The lowest BCUT2D eigenvalue weighted by atomic mass is 9.99. The molecule has 0 aliphatic carbocycles. The Morgan fingerprint density at radius 2 is 2.43 bits per heavy atom. The molecule has 3 heterocycles. The first-order chi connectivity index (χ1) is 6.95. The predicted molar refractivity (Wildman–Crippen MR) is 56.3 cm³/mol. The SMILES string of the molecule is c1cc2[nH]cc(C3CCNC3)c2cn1. The summed E-state index contributed by atoms with van der Waals surface area (Å²) < 4.78 is 0. The van der Waals surface area contributed by atoms with Gasteiger partial charge in [-0.2, -0.15) is 0 Å². The van der Waals surface area contributed by atoms with Gasteiger partial charge in [-0.3, -0.25) is 4.98 Å². The fourth-order valence-corrected chi connectivity index (χ4v) is 2.24. The van der Waals surface area contributed by atoms with Crippen LogP contribution in [0.5, 0.6) is 0 Å². The largest absolute Gasteiger partial charge is 0.361 e. The van der Waals surface area contributed by atoms with Crippen LogP contribution < -0.4 is 5.32 Å². The topological polar surface area (TPSA) is 40.7 Å². The zero-order valence-corrected chi connectivity index (χ0v) is 7.96. The first-order valence-electron chi connectivity index (χ1n) is 5.07. The molecule has 0 saturated carbocycles. The second-order valence-corrected chi connectivity index (χ2v) is 3.85. The van der Waals surface area contributed by atoms with Crippen LogP contribution in [0.2, 0.25) is 0 Å². The Hall–Kier alpha value is -1.35. The predicted octanol–water partition coefficient (Wildman–Crippen LogP) is 1.64. The van der Waals surface area contributed by atoms with E-state index in [9.17, 15) is 0 Å². The Bertz CT molecular complexity index is 440. The average Bonchev–Trinajstić information content (AvgIpc) is 2.85. The van der Waals surface area contributed by atoms with E-state index in [2.05, 4.69) is 21.5 Å². The van der Waals surface area contributed by atoms with Crippen molar-refractivity contribution in [1.82, 2.24) is 15.3 Å². The lowest BCUT2D eigenvalue weighted by molar-refractivity contribution is 0.769. The summed E-state index contributed by atoms with van der Waals surface area (Å²) in [6, 6.07) is 2.03. The maximum atomic E-state index is 4.18. The molecule has 0 aromatic carbocycles. The highest BCUT2D eigenvalue weighted by atomic mass is 14.9. The van der Waals surface area contributed by atoms with Gasteiger partial charge < -0.3 is 10.3 Å². The van der Waals surface area contributed by atoms with Crippen molar-refractivity contribution in [2.45, 2.75) is 12.3 Å². The minimum Gasteiger partial charge on any atom is -0.361 e. The number of rotatable bonds is 1. The molecular formula is C11H13N3. The van der Waals surface area contributed by atoms with Crippen LogP contribution in [0.25, 0.3) is 10.9 Å². The minimum absolute atomic E-state index is 0.660. The molecule has 1 fully saturated rings. The van der Waals surface area contributed by atoms with Gasteiger partial charge >= 0.3 is 0 Å². The molecule has 3 nitrogen and oxygen atoms in total. The Kier molecular flexibility index (Phi) is 1.77. The molecule has 2 aromatic heterocycles. The molecule has 3 heteroatoms. The molecule has 0 radical (unpaired) electrons. The third kappa shape index (κ3) is 1.13. The number of hydrogen-bond acceptors (Lipinski definition) is 2. The molecule has 2 N–H and O–H groups in total. The summed E-state index contributed by atoms with van der Waals surface area (Å²) in [6.45, 7) is 2.24. The van der Waals surface area contributed by atoms with Crippen LogP contribution in [-0.2, 0) is 0 Å². The third-order valence-electron chi connectivity index (χ3n) is 3.02. The van der Waals surface area contributed by atoms with Crippen LogP contribution in [0.1, 0.15) is 17.9 Å². The van der Waals surface area contributed by atoms with Gasteiger partial charge in [-0.25, -0.2) is 0 Å². The van der Waals surface area contributed by atoms with Gasteiger partial charge in [-0.1, -0.05) is 0 Å². The lowest BCUT2D eigenvalue weighted by Gasteiger charge is -2.05. The van der Waals surface area contributed by atoms with Gasteiger partial charge in [0.15, 0.2) is 0 Å². The minimum atomic E-state index is 0.660. The molecule has 0 spiro atoms. The molecule has 1 atom stereocenters. The normalized spacial score (nSPS) is 21.9. The van der Waals surface area contributed by atoms with Crippen molar-refractivity contribution in [3.63, 3.8) is 0 Å². The van der Waals surface area contributed by atoms with Gasteiger partial charge in [0.1, 0.15) is 0 Å². The van der Waals surface area contributed by atoms with E-state index in [1.54, 1.807) is 0 Å². The van der Waals surface area contributed by atoms with Gasteiger partial charge in [-0.05, 0) is 30.5 Å². The molecule has 0 amide bonds. The number of aromatic nitrogens is 2. The molecule has 14 heavy (non-hydrogen) atoms. The molecule has 1 saturated heterocycles. The molecule has 1 unspecified atom stereocenters. The van der Waals surface area contributed by atoms with E-state index in [0.29, 0.717) is 5.92 Å². The van der Waals surface area contributed by atoms with Gasteiger partial charge in [0, 0.05) is 36.0 Å². The van der Waals surface area contributed by atoms with Crippen molar-refractivity contribution in [3.8, 4) is 0 Å². The molecule has 0 bridgehead atoms. The standard InChI is InChI=1S/C11H13N3/c1-3-12-5-8(1)9-7-14-11-2-4-13-6-10(9)11/h2,4,6-8,12,14H,1,3,5H2. The molecular weight excluding hydrogens is 174 g/mol. The zero-order chi connectivity index (χ0) is 9.38. The van der Waals surface area contributed by atoms with Gasteiger partial charge in [0.25, 0.3) is 0 Å². The van der Waals surface area contributed by atoms with Crippen molar-refractivity contribution < 1.29 is 0 Å². The molecule has 2 aromatic rings. The maximum absolute atomic E-state index is 4.18. The van der Waals surface area contributed by atoms with E-state index in [-0.39, 0.29) is 0 Å². The number of fused-ring (bicyclic) bond motifs is 1. The van der Waals surface area contributed by atoms with Crippen molar-refractivity contribution in [2.75, 3.05) is 13.1 Å². The Labute approximate surface area is 82.5 Å². The molecule has 3 rings (SSSR count). The van der Waals surface area contributed by atoms with Gasteiger partial charge in [0.05, 0.1) is 0 Å². The zero-order valence-electron chi connectivity index (χ0n) is 7.96. The fourth-order valence-electron chi connectivity index (χ4n) is 2.24. The van der Waals surface area contributed by atoms with Crippen LogP contribution in [0.4, 0.5) is 0 Å². The highest BCUT2D eigenvalue weighted by molar-refractivity contribution is 5.82. The Morgan fingerprint density at radius 3 is 3.29 bits per heavy atom. The van der Waals surface area contributed by atoms with E-state index in [1.807, 2.05) is 18.5 Å². The molecule has 1 aliphatic heterocycles. The highest BCUT2D eigenvalue weighted by Crippen LogP contribution is 2.28. The first kappa shape index (κ1) is 8.00. The second-order valence-electron chi connectivity index (χ2n) is 3.85. The Balaban J connectivity index is 2.11. The van der Waals surface area contributed by atoms with Crippen LogP contribution >= 0.6 is 0 Å². The van der Waals surface area contributed by atoms with E-state index in [4.69, 9.17) is 0 Å². The van der Waals surface area contributed by atoms with E-state index in [0.717, 1.165) is 13.1 Å². The van der Waals surface area contributed by atoms with E-state index >= 15 is 0 Å². The van der Waals surface area contributed by atoms with Gasteiger partial charge in [0.2, 0.25) is 0 Å². The highest BCUT2D eigenvalue weighted by Gasteiger charge is 2.19. The summed E-state index contributed by atoms with van der Waals surface area (Å²) in [6.07, 6.45) is 7.15. The van der Waals surface area contributed by atoms with Crippen LogP contribution in [-0.4, -0.2) is 23.1 Å². The number of hydrogen-bond donors (Lipinski definition) is 2. The van der Waals surface area contributed by atoms with Crippen LogP contribution in [0.15, 0.2) is 24.7 Å². The van der Waals surface area contributed by atoms with Crippen molar-refractivity contribution >= 4 is 10.9 Å². The number of H-pyrrole nitrogens is 1. The van der Waals surface area contributed by atoms with Crippen molar-refractivity contribution in [1.29, 1.82) is 0 Å². The maximum Gasteiger partial charge on any atom is 0.0487 e. The smallest absolute Gasteiger partial charge is 0.0487 e. The number of nitrogens with zero attached hydrogens (tertiary/aromatic N) is 1. The number of pyridine rings is 1. The quantitative estimate of drug-likeness (QED) is 0.712. The lowest BCUT2D eigenvalue weighted by Crippen LogP contribution is -2.07. The van der Waals surface area contributed by atoms with Crippen LogP contribution in [0, 0.1) is 0 Å². The average molecular weight is 187 g/mol. The van der Waals surface area contributed by atoms with Crippen molar-refractivity contribution in [3.05, 3.63) is 30.2 Å². The Morgan fingerprint density at radius 1 is 1.43 bits per heavy atom. The van der Waals surface area contributed by atoms with Crippen LogP contribution in [0.3, 0.4) is 0 Å². The summed E-state index contributed by atoms with van der Waals surface area (Å²) in [5.41, 5.74) is 2.61. The number of aromatic amines is 1. The summed E-state index contributed by atoms with van der Waals surface area (Å²) in [5.74, 6) is 0.660. The summed E-state index contributed by atoms with van der Waals surface area (Å²) in [5, 5.41) is 4.67. The molecule has 1 aliphatic rings. The third-order valence-corrected chi connectivity index (χ3v) is 3.02. The van der Waals surface area contributed by atoms with E-state index in [1.165, 1.54) is 22.9 Å². The second kappa shape index (κ2) is 3.10. The first-order valence-corrected chi connectivity index (χ1v) is 5.07. The fraction of sp³-hybridized carbons (Fsp3) is 0.364. The molecule has 72 valence electrons. The summed E-state index contributed by atoms with van der Waals surface area (Å²) in [4.78, 5) is 7.47. The number of nitrogens with one attached hydrogen (secondary N) is 2. The summed E-state index contributed by atoms with van der Waals surface area (Å²) in [7, 11) is 0. The van der Waals surface area contributed by atoms with Crippen molar-refractivity contribution in [2.24, 2.45) is 0 Å². The summed E-state index contributed by atoms with van der Waals surface area (Å²) >= 11 is 0. The van der Waals surface area contributed by atoms with E-state index < -0.39 is 0 Å².